The van der Waals surface area contributed by atoms with Crippen LogP contribution in [0.2, 0.25) is 0 Å². The number of para-hydroxylation sites is 3. The predicted octanol–water partition coefficient (Wildman–Crippen LogP) is 4.83. The summed E-state index contributed by atoms with van der Waals surface area (Å²) in [6.45, 7) is 0. The number of nitrogens with one attached hydrogen (secondary N) is 1. The number of anilines is 1. The molecule has 2 aromatic heterocycles. The first-order chi connectivity index (χ1) is 11.8. The van der Waals surface area contributed by atoms with Crippen LogP contribution >= 0.6 is 15.9 Å². The molecular formula is C19H13BrN4. The van der Waals surface area contributed by atoms with Gasteiger partial charge in [0.15, 0.2) is 0 Å². The maximum Gasteiger partial charge on any atom is 0.149 e. The lowest BCUT2D eigenvalue weighted by Crippen LogP contribution is -2.25. The average Bonchev–Trinajstić information content (AvgIpc) is 3.01. The number of fused-ring (bicyclic) bond motifs is 5. The van der Waals surface area contributed by atoms with E-state index in [2.05, 4.69) is 55.1 Å². The quantitative estimate of drug-likeness (QED) is 0.483. The minimum atomic E-state index is -0.0974. The first-order valence-corrected chi connectivity index (χ1v) is 8.56. The number of nitrogens with zero attached hydrogens (tertiary/aromatic N) is 3. The van der Waals surface area contributed by atoms with Gasteiger partial charge in [-0.2, -0.15) is 0 Å². The molecule has 1 atom stereocenters. The van der Waals surface area contributed by atoms with E-state index in [0.717, 1.165) is 38.4 Å². The van der Waals surface area contributed by atoms with Crippen molar-refractivity contribution >= 4 is 32.7 Å². The van der Waals surface area contributed by atoms with E-state index in [1.165, 1.54) is 0 Å². The zero-order valence-corrected chi connectivity index (χ0v) is 14.2. The minimum absolute atomic E-state index is 0.0974. The van der Waals surface area contributed by atoms with Gasteiger partial charge < -0.3 is 5.32 Å². The van der Waals surface area contributed by atoms with Crippen molar-refractivity contribution in [3.8, 4) is 11.4 Å². The van der Waals surface area contributed by atoms with Gasteiger partial charge in [0.25, 0.3) is 0 Å². The lowest BCUT2D eigenvalue weighted by Gasteiger charge is -2.29. The molecule has 5 rings (SSSR count). The molecule has 1 aliphatic heterocycles. The Balaban J connectivity index is 1.83. The van der Waals surface area contributed by atoms with Crippen LogP contribution in [0.3, 0.4) is 0 Å². The fraction of sp³-hybridized carbons (Fsp3) is 0.0526. The van der Waals surface area contributed by atoms with Crippen LogP contribution in [0.5, 0.6) is 0 Å². The highest BCUT2D eigenvalue weighted by Crippen LogP contribution is 2.40. The first kappa shape index (κ1) is 13.7. The summed E-state index contributed by atoms with van der Waals surface area (Å²) < 4.78 is 3.05. The number of rotatable bonds is 1. The Kier molecular flexibility index (Phi) is 2.97. The predicted molar refractivity (Wildman–Crippen MR) is 98.9 cm³/mol. The molecule has 0 aliphatic carbocycles. The van der Waals surface area contributed by atoms with Gasteiger partial charge in [0.05, 0.1) is 16.7 Å². The van der Waals surface area contributed by atoms with Gasteiger partial charge in [-0.25, -0.2) is 9.97 Å². The summed E-state index contributed by atoms with van der Waals surface area (Å²) in [5.74, 6) is 0.970. The molecule has 0 spiro atoms. The van der Waals surface area contributed by atoms with Gasteiger partial charge >= 0.3 is 0 Å². The molecule has 116 valence electrons. The molecule has 1 unspecified atom stereocenters. The number of imidazole rings is 1. The smallest absolute Gasteiger partial charge is 0.149 e. The molecule has 0 amide bonds. The lowest BCUT2D eigenvalue weighted by atomic mass is 10.1. The van der Waals surface area contributed by atoms with Gasteiger partial charge in [-0.3, -0.25) is 4.57 Å². The number of halogens is 1. The van der Waals surface area contributed by atoms with E-state index in [-0.39, 0.29) is 6.17 Å². The van der Waals surface area contributed by atoms with Crippen molar-refractivity contribution in [3.63, 3.8) is 0 Å². The van der Waals surface area contributed by atoms with Gasteiger partial charge in [0.2, 0.25) is 0 Å². The number of benzene rings is 2. The molecule has 4 aromatic rings. The van der Waals surface area contributed by atoms with Crippen LogP contribution in [-0.4, -0.2) is 14.5 Å². The normalized spacial score (nSPS) is 15.6. The number of pyridine rings is 1. The van der Waals surface area contributed by atoms with E-state index in [4.69, 9.17) is 4.98 Å². The van der Waals surface area contributed by atoms with Crippen molar-refractivity contribution < 1.29 is 0 Å². The third kappa shape index (κ3) is 1.98. The van der Waals surface area contributed by atoms with Crippen LogP contribution in [0.25, 0.3) is 22.4 Å². The number of hydrogen-bond donors (Lipinski definition) is 1. The second-order valence-corrected chi connectivity index (χ2v) is 6.58. The summed E-state index contributed by atoms with van der Waals surface area (Å²) in [7, 11) is 0. The van der Waals surface area contributed by atoms with Gasteiger partial charge in [-0.15, -0.1) is 0 Å². The van der Waals surface area contributed by atoms with E-state index in [9.17, 15) is 0 Å². The van der Waals surface area contributed by atoms with Crippen molar-refractivity contribution in [3.05, 3.63) is 77.0 Å². The molecule has 3 heterocycles. The largest absolute Gasteiger partial charge is 0.359 e. The molecule has 0 bridgehead atoms. The lowest BCUT2D eigenvalue weighted by molar-refractivity contribution is 0.648. The van der Waals surface area contributed by atoms with Crippen LogP contribution < -0.4 is 5.32 Å². The molecule has 0 saturated heterocycles. The van der Waals surface area contributed by atoms with Crippen molar-refractivity contribution in [2.75, 3.05) is 5.32 Å². The average molecular weight is 377 g/mol. The topological polar surface area (TPSA) is 42.7 Å². The van der Waals surface area contributed by atoms with Gasteiger partial charge in [-0.05, 0) is 52.3 Å². The van der Waals surface area contributed by atoms with E-state index in [1.807, 2.05) is 42.5 Å². The van der Waals surface area contributed by atoms with Crippen LogP contribution in [-0.2, 0) is 0 Å². The van der Waals surface area contributed by atoms with Crippen LogP contribution in [0.1, 0.15) is 11.9 Å². The molecule has 0 fully saturated rings. The van der Waals surface area contributed by atoms with Crippen LogP contribution in [0, 0.1) is 0 Å². The first-order valence-electron chi connectivity index (χ1n) is 7.76. The summed E-state index contributed by atoms with van der Waals surface area (Å²) in [5, 5.41) is 3.61. The standard InChI is InChI=1S/C19H13BrN4/c20-17-11-5-9-15(21-17)19-22-13-7-2-1-6-12(13)18-23-14-8-3-4-10-16(14)24(18)19/h1-11,19,22H. The summed E-state index contributed by atoms with van der Waals surface area (Å²) in [4.78, 5) is 9.54. The SMILES string of the molecule is Brc1cccc(C2Nc3ccccc3-c3nc4ccccc4n32)n1. The summed E-state index contributed by atoms with van der Waals surface area (Å²) in [6.07, 6.45) is -0.0974. The zero-order valence-electron chi connectivity index (χ0n) is 12.6. The Labute approximate surface area is 147 Å². The Hall–Kier alpha value is -2.66. The minimum Gasteiger partial charge on any atom is -0.359 e. The van der Waals surface area contributed by atoms with E-state index in [1.54, 1.807) is 0 Å². The monoisotopic (exact) mass is 376 g/mol. The second kappa shape index (κ2) is 5.18. The second-order valence-electron chi connectivity index (χ2n) is 5.77. The maximum atomic E-state index is 4.88. The molecule has 2 aromatic carbocycles. The molecule has 4 nitrogen and oxygen atoms in total. The Bertz CT molecular complexity index is 1070. The van der Waals surface area contributed by atoms with Crippen LogP contribution in [0.4, 0.5) is 5.69 Å². The third-order valence-corrected chi connectivity index (χ3v) is 4.77. The van der Waals surface area contributed by atoms with Gasteiger partial charge in [-0.1, -0.05) is 30.3 Å². The summed E-state index contributed by atoms with van der Waals surface area (Å²) in [5.41, 5.74) is 5.22. The Morgan fingerprint density at radius 3 is 2.62 bits per heavy atom. The van der Waals surface area contributed by atoms with E-state index < -0.39 is 0 Å². The molecular weight excluding hydrogens is 364 g/mol. The summed E-state index contributed by atoms with van der Waals surface area (Å²) >= 11 is 3.48. The van der Waals surface area contributed by atoms with E-state index >= 15 is 0 Å². The van der Waals surface area contributed by atoms with Gasteiger partial charge in [0.1, 0.15) is 16.6 Å². The van der Waals surface area contributed by atoms with Crippen LogP contribution in [0.15, 0.2) is 71.3 Å². The zero-order chi connectivity index (χ0) is 16.1. The molecule has 1 N–H and O–H groups in total. The Morgan fingerprint density at radius 2 is 1.71 bits per heavy atom. The fourth-order valence-electron chi connectivity index (χ4n) is 3.29. The number of hydrogen-bond acceptors (Lipinski definition) is 3. The molecule has 1 aliphatic rings. The number of aromatic nitrogens is 3. The highest BCUT2D eigenvalue weighted by molar-refractivity contribution is 9.10. The van der Waals surface area contributed by atoms with Crippen molar-refractivity contribution in [1.29, 1.82) is 0 Å². The molecule has 0 saturated carbocycles. The third-order valence-electron chi connectivity index (χ3n) is 4.33. The van der Waals surface area contributed by atoms with Gasteiger partial charge in [0, 0.05) is 11.3 Å². The maximum absolute atomic E-state index is 4.88. The summed E-state index contributed by atoms with van der Waals surface area (Å²) in [6, 6.07) is 22.5. The van der Waals surface area contributed by atoms with Crippen molar-refractivity contribution in [2.45, 2.75) is 6.17 Å². The highest BCUT2D eigenvalue weighted by atomic mass is 79.9. The van der Waals surface area contributed by atoms with Crippen molar-refractivity contribution in [2.24, 2.45) is 0 Å². The molecule has 0 radical (unpaired) electrons. The van der Waals surface area contributed by atoms with E-state index in [0.29, 0.717) is 0 Å². The Morgan fingerprint density at radius 1 is 0.875 bits per heavy atom. The fourth-order valence-corrected chi connectivity index (χ4v) is 3.65. The molecule has 5 heteroatoms. The molecule has 24 heavy (non-hydrogen) atoms. The van der Waals surface area contributed by atoms with Crippen molar-refractivity contribution in [1.82, 2.24) is 14.5 Å². The highest BCUT2D eigenvalue weighted by Gasteiger charge is 2.28.